The number of nitrogens with zero attached hydrogens (tertiary/aromatic N) is 1. The predicted octanol–water partition coefficient (Wildman–Crippen LogP) is -4.28. The van der Waals surface area contributed by atoms with Gasteiger partial charge in [0.05, 0.1) is 18.9 Å². The highest BCUT2D eigenvalue weighted by Gasteiger charge is 2.31. The third kappa shape index (κ3) is 14.5. The average molecular weight is 533 g/mol. The van der Waals surface area contributed by atoms with Gasteiger partial charge in [0.2, 0.25) is 17.7 Å². The van der Waals surface area contributed by atoms with Gasteiger partial charge >= 0.3 is 23.9 Å². The minimum absolute atomic E-state index is 0.00267. The lowest BCUT2D eigenvalue weighted by molar-refractivity contribution is -0.147. The summed E-state index contributed by atoms with van der Waals surface area (Å²) in [7, 11) is 0. The van der Waals surface area contributed by atoms with Gasteiger partial charge in [-0.15, -0.1) is 0 Å². The molecule has 0 aromatic heterocycles. The summed E-state index contributed by atoms with van der Waals surface area (Å²) >= 11 is 0. The van der Waals surface area contributed by atoms with E-state index in [1.54, 1.807) is 0 Å². The van der Waals surface area contributed by atoms with Crippen molar-refractivity contribution in [3.05, 3.63) is 0 Å². The van der Waals surface area contributed by atoms with E-state index in [2.05, 4.69) is 15.6 Å². The second-order valence-corrected chi connectivity index (χ2v) is 7.71. The summed E-state index contributed by atoms with van der Waals surface area (Å²) in [6.07, 6.45) is -2.91. The van der Waals surface area contributed by atoms with E-state index >= 15 is 0 Å². The molecule has 0 saturated carbocycles. The molecule has 18 nitrogen and oxygen atoms in total. The number of aliphatic carboxylic acids is 4. The molecular weight excluding hydrogens is 502 g/mol. The van der Waals surface area contributed by atoms with Crippen LogP contribution < -0.4 is 33.2 Å². The number of hydrogen-bond donors (Lipinski definition) is 10. The number of amides is 3. The number of nitrogens with two attached hydrogens (primary N) is 3. The fourth-order valence-electron chi connectivity index (χ4n) is 2.79. The second kappa shape index (κ2) is 16.2. The van der Waals surface area contributed by atoms with E-state index in [1.807, 2.05) is 5.32 Å². The maximum absolute atomic E-state index is 12.9. The van der Waals surface area contributed by atoms with Gasteiger partial charge in [0.1, 0.15) is 18.1 Å². The molecule has 0 aliphatic rings. The predicted molar refractivity (Wildman–Crippen MR) is 123 cm³/mol. The largest absolute Gasteiger partial charge is 0.481 e. The van der Waals surface area contributed by atoms with Crippen LogP contribution in [0, 0.1) is 0 Å². The number of hydrogen-bond acceptors (Lipinski definition) is 9. The van der Waals surface area contributed by atoms with Crippen LogP contribution in [0.5, 0.6) is 0 Å². The third-order valence-electron chi connectivity index (χ3n) is 4.58. The smallest absolute Gasteiger partial charge is 0.326 e. The fourth-order valence-corrected chi connectivity index (χ4v) is 2.79. The molecule has 37 heavy (non-hydrogen) atoms. The first-order valence-corrected chi connectivity index (χ1v) is 10.7. The summed E-state index contributed by atoms with van der Waals surface area (Å²) in [4.78, 5) is 85.4. The highest BCUT2D eigenvalue weighted by molar-refractivity contribution is 5.95. The third-order valence-corrected chi connectivity index (χ3v) is 4.58. The van der Waals surface area contributed by atoms with Gasteiger partial charge < -0.3 is 53.6 Å². The summed E-state index contributed by atoms with van der Waals surface area (Å²) in [6, 6.07) is -6.44. The first-order chi connectivity index (χ1) is 17.1. The Bertz CT molecular complexity index is 905. The van der Waals surface area contributed by atoms with Crippen molar-refractivity contribution in [2.24, 2.45) is 22.2 Å². The molecule has 4 atom stereocenters. The van der Waals surface area contributed by atoms with E-state index in [9.17, 15) is 33.6 Å². The molecular formula is C19H31N7O11. The Hall–Kier alpha value is -4.48. The van der Waals surface area contributed by atoms with Gasteiger partial charge in [0.15, 0.2) is 5.96 Å². The first kappa shape index (κ1) is 32.5. The number of carbonyl (C=O) groups excluding carboxylic acids is 3. The van der Waals surface area contributed by atoms with Gasteiger partial charge in [0.25, 0.3) is 0 Å². The Morgan fingerprint density at radius 3 is 1.62 bits per heavy atom. The number of aliphatic imine (C=N–C) groups is 1. The van der Waals surface area contributed by atoms with Crippen LogP contribution in [-0.4, -0.2) is 98.7 Å². The molecule has 4 unspecified atom stereocenters. The monoisotopic (exact) mass is 533 g/mol. The van der Waals surface area contributed by atoms with E-state index in [0.29, 0.717) is 0 Å². The molecule has 0 saturated heterocycles. The topological polar surface area (TPSA) is 327 Å². The number of rotatable bonds is 18. The Labute approximate surface area is 209 Å². The number of carboxylic acid groups (broad SMARTS) is 4. The van der Waals surface area contributed by atoms with Crippen LogP contribution in [0.1, 0.15) is 38.5 Å². The zero-order valence-electron chi connectivity index (χ0n) is 19.6. The molecule has 0 aliphatic heterocycles. The van der Waals surface area contributed by atoms with Gasteiger partial charge in [-0.1, -0.05) is 0 Å². The Morgan fingerprint density at radius 2 is 1.16 bits per heavy atom. The molecule has 0 rings (SSSR count). The van der Waals surface area contributed by atoms with Crippen LogP contribution in [-0.2, 0) is 33.6 Å². The van der Waals surface area contributed by atoms with E-state index in [4.69, 9.17) is 37.6 Å². The molecule has 0 bridgehead atoms. The standard InChI is InChI=1S/C19H31N7O11/c20-8(6-13(29)30)15(33)24-10(3-4-12(27)28)17(35)25-9(2-1-5-23-19(21)22)16(34)26-11(18(36)37)7-14(31)32/h8-11H,1-7,20H2,(H,24,33)(H,25,35)(H,26,34)(H,27,28)(H,29,30)(H,31,32)(H,36,37)(H4,21,22,23). The summed E-state index contributed by atoms with van der Waals surface area (Å²) in [5.41, 5.74) is 15.9. The summed E-state index contributed by atoms with van der Waals surface area (Å²) in [5.74, 6) is -9.38. The molecule has 0 aliphatic carbocycles. The van der Waals surface area contributed by atoms with Crippen LogP contribution in [0.4, 0.5) is 0 Å². The molecule has 0 aromatic rings. The van der Waals surface area contributed by atoms with Gasteiger partial charge in [-0.05, 0) is 19.3 Å². The Kier molecular flexibility index (Phi) is 14.3. The van der Waals surface area contributed by atoms with Crippen molar-refractivity contribution in [1.82, 2.24) is 16.0 Å². The maximum atomic E-state index is 12.9. The molecule has 0 spiro atoms. The highest BCUT2D eigenvalue weighted by Crippen LogP contribution is 2.05. The lowest BCUT2D eigenvalue weighted by Crippen LogP contribution is -2.57. The minimum Gasteiger partial charge on any atom is -0.481 e. The van der Waals surface area contributed by atoms with Crippen molar-refractivity contribution < 1.29 is 54.0 Å². The maximum Gasteiger partial charge on any atom is 0.326 e. The Balaban J connectivity index is 5.74. The zero-order chi connectivity index (χ0) is 28.7. The molecule has 13 N–H and O–H groups in total. The van der Waals surface area contributed by atoms with E-state index in [1.165, 1.54) is 0 Å². The number of guanidine groups is 1. The van der Waals surface area contributed by atoms with E-state index in [0.717, 1.165) is 0 Å². The lowest BCUT2D eigenvalue weighted by atomic mass is 10.1. The molecule has 0 radical (unpaired) electrons. The van der Waals surface area contributed by atoms with Crippen LogP contribution in [0.3, 0.4) is 0 Å². The van der Waals surface area contributed by atoms with Crippen LogP contribution in [0.25, 0.3) is 0 Å². The van der Waals surface area contributed by atoms with Gasteiger partial charge in [-0.25, -0.2) is 4.79 Å². The fraction of sp³-hybridized carbons (Fsp3) is 0.579. The summed E-state index contributed by atoms with van der Waals surface area (Å²) < 4.78 is 0. The molecule has 208 valence electrons. The number of nitrogens with one attached hydrogen (secondary N) is 3. The van der Waals surface area contributed by atoms with Crippen molar-refractivity contribution in [2.45, 2.75) is 62.7 Å². The molecule has 0 heterocycles. The summed E-state index contributed by atoms with van der Waals surface area (Å²) in [5, 5.41) is 42.1. The van der Waals surface area contributed by atoms with E-state index in [-0.39, 0.29) is 25.3 Å². The normalized spacial score (nSPS) is 13.6. The van der Waals surface area contributed by atoms with Crippen molar-refractivity contribution in [3.63, 3.8) is 0 Å². The van der Waals surface area contributed by atoms with Crippen LogP contribution >= 0.6 is 0 Å². The zero-order valence-corrected chi connectivity index (χ0v) is 19.6. The quantitative estimate of drug-likeness (QED) is 0.0453. The SMILES string of the molecule is NC(N)=NCCCC(NC(=O)C(CCC(=O)O)NC(=O)C(N)CC(=O)O)C(=O)NC(CC(=O)O)C(=O)O. The molecule has 3 amide bonds. The van der Waals surface area contributed by atoms with Gasteiger partial charge in [-0.2, -0.15) is 0 Å². The molecule has 0 aromatic carbocycles. The van der Waals surface area contributed by atoms with Crippen molar-refractivity contribution in [2.75, 3.05) is 6.54 Å². The highest BCUT2D eigenvalue weighted by atomic mass is 16.4. The summed E-state index contributed by atoms with van der Waals surface area (Å²) in [6.45, 7) is 0.00267. The molecule has 0 fully saturated rings. The van der Waals surface area contributed by atoms with Gasteiger partial charge in [0, 0.05) is 13.0 Å². The van der Waals surface area contributed by atoms with Crippen molar-refractivity contribution in [3.8, 4) is 0 Å². The van der Waals surface area contributed by atoms with E-state index < -0.39 is 91.4 Å². The van der Waals surface area contributed by atoms with Crippen molar-refractivity contribution >= 4 is 47.6 Å². The second-order valence-electron chi connectivity index (χ2n) is 7.71. The minimum atomic E-state index is -1.83. The van der Waals surface area contributed by atoms with Crippen molar-refractivity contribution in [1.29, 1.82) is 0 Å². The first-order valence-electron chi connectivity index (χ1n) is 10.7. The molecule has 18 heteroatoms. The van der Waals surface area contributed by atoms with Crippen LogP contribution in [0.2, 0.25) is 0 Å². The lowest BCUT2D eigenvalue weighted by Gasteiger charge is -2.24. The number of carboxylic acids is 4. The van der Waals surface area contributed by atoms with Crippen LogP contribution in [0.15, 0.2) is 4.99 Å². The Morgan fingerprint density at radius 1 is 0.676 bits per heavy atom. The van der Waals surface area contributed by atoms with Gasteiger partial charge in [-0.3, -0.25) is 33.8 Å². The average Bonchev–Trinajstić information content (AvgIpc) is 2.76. The number of carbonyl (C=O) groups is 7.